The van der Waals surface area contributed by atoms with Crippen molar-refractivity contribution in [1.82, 2.24) is 20.2 Å². The van der Waals surface area contributed by atoms with Crippen LogP contribution < -0.4 is 5.32 Å². The molecule has 61 heavy (non-hydrogen) atoms. The highest BCUT2D eigenvalue weighted by Gasteiger charge is 2.59. The molecule has 4 heterocycles. The molecule has 3 aliphatic heterocycles. The molecule has 0 aliphatic carbocycles. The van der Waals surface area contributed by atoms with Gasteiger partial charge in [-0.1, -0.05) is 45.0 Å². The molecular weight excluding hydrogens is 791 g/mol. The van der Waals surface area contributed by atoms with Gasteiger partial charge in [-0.2, -0.15) is 0 Å². The Morgan fingerprint density at radius 1 is 1.05 bits per heavy atom. The van der Waals surface area contributed by atoms with Gasteiger partial charge >= 0.3 is 12.1 Å². The molecule has 1 amide bonds. The quantitative estimate of drug-likeness (QED) is 0.131. The topological polar surface area (TPSA) is 207 Å². The van der Waals surface area contributed by atoms with Gasteiger partial charge in [-0.25, -0.2) is 9.78 Å². The maximum atomic E-state index is 14.3. The first-order valence-electron chi connectivity index (χ1n) is 21.3. The molecule has 1 aromatic heterocycles. The fraction of sp³-hybridized carbons (Fsp3) is 0.705. The number of aromatic nitrogens is 2. The molecule has 3 saturated heterocycles. The Morgan fingerprint density at radius 2 is 1.75 bits per heavy atom. The highest BCUT2D eigenvalue weighted by molar-refractivity contribution is 6.00. The van der Waals surface area contributed by atoms with Gasteiger partial charge in [0.05, 0.1) is 40.2 Å². The standard InChI is InChI=1S/C44H65N5O12/c1-12-33-44(8)39(60-42(54)61-44)26(4)35(48-56-23-34(50)45-19-15-16-29-22-46-30-17-13-14-18-31(30)47-29)24(2)21-43(7,55-11)38(27(5)36(51)28(6)40(53)58-33)59-41-37(52)32(49(9)10)20-25(3)57-41/h13-14,17-18,22,24-28,32-33,37-39,41,52H,12,15-16,19-21,23H2,1-11H3,(H,45,50)/b48-35+/t24-,25-,26+,27+,28-,32+,33-,37-,38-,39-,41+,43+,44-/m1/s1. The second-order valence-corrected chi connectivity index (χ2v) is 17.5. The van der Waals surface area contributed by atoms with Crippen LogP contribution in [0.4, 0.5) is 4.79 Å². The number of aliphatic hydroxyl groups excluding tert-OH is 1. The van der Waals surface area contributed by atoms with Crippen LogP contribution in [0.1, 0.15) is 86.8 Å². The normalized spacial score (nSPS) is 35.9. The van der Waals surface area contributed by atoms with Gasteiger partial charge in [0, 0.05) is 43.6 Å². The van der Waals surface area contributed by atoms with Gasteiger partial charge in [0.1, 0.15) is 18.1 Å². The summed E-state index contributed by atoms with van der Waals surface area (Å²) in [4.78, 5) is 70.8. The van der Waals surface area contributed by atoms with Gasteiger partial charge < -0.3 is 48.6 Å². The molecule has 0 saturated carbocycles. The number of carbonyl (C=O) groups excluding carboxylic acids is 4. The molecule has 17 nitrogen and oxygen atoms in total. The minimum Gasteiger partial charge on any atom is -0.457 e. The lowest BCUT2D eigenvalue weighted by Gasteiger charge is -2.47. The number of hydrogen-bond acceptors (Lipinski definition) is 16. The Morgan fingerprint density at radius 3 is 2.43 bits per heavy atom. The molecule has 0 unspecified atom stereocenters. The third kappa shape index (κ3) is 10.8. The number of nitrogens with one attached hydrogen (secondary N) is 1. The second-order valence-electron chi connectivity index (χ2n) is 17.5. The van der Waals surface area contributed by atoms with Crippen LogP contribution in [-0.4, -0.2) is 138 Å². The minimum atomic E-state index is -1.49. The van der Waals surface area contributed by atoms with E-state index < -0.39 is 96.0 Å². The van der Waals surface area contributed by atoms with Crippen LogP contribution in [0.2, 0.25) is 0 Å². The second kappa shape index (κ2) is 20.3. The van der Waals surface area contributed by atoms with E-state index in [1.807, 2.05) is 57.1 Å². The van der Waals surface area contributed by atoms with Crippen molar-refractivity contribution in [3.8, 4) is 0 Å². The number of likely N-dealkylation sites (N-methyl/N-ethyl adjacent to an activating group) is 1. The fourth-order valence-corrected chi connectivity index (χ4v) is 9.06. The Balaban J connectivity index is 1.43. The summed E-state index contributed by atoms with van der Waals surface area (Å²) in [7, 11) is 5.22. The number of esters is 1. The largest absolute Gasteiger partial charge is 0.509 e. The van der Waals surface area contributed by atoms with Gasteiger partial charge in [-0.05, 0) is 86.0 Å². The van der Waals surface area contributed by atoms with Crippen molar-refractivity contribution in [2.75, 3.05) is 34.4 Å². The van der Waals surface area contributed by atoms with E-state index in [1.54, 1.807) is 40.8 Å². The number of ether oxygens (including phenoxy) is 6. The van der Waals surface area contributed by atoms with Gasteiger partial charge in [-0.3, -0.25) is 19.4 Å². The summed E-state index contributed by atoms with van der Waals surface area (Å²) in [6.45, 7) is 13.8. The summed E-state index contributed by atoms with van der Waals surface area (Å²) >= 11 is 0. The van der Waals surface area contributed by atoms with Gasteiger partial charge in [0.2, 0.25) is 0 Å². The number of aliphatic hydroxyl groups is 1. The van der Waals surface area contributed by atoms with E-state index in [0.29, 0.717) is 31.5 Å². The average molecular weight is 856 g/mol. The number of methoxy groups -OCH3 is 1. The summed E-state index contributed by atoms with van der Waals surface area (Å²) in [6.07, 6.45) is -2.67. The molecule has 3 aliphatic rings. The van der Waals surface area contributed by atoms with E-state index in [4.69, 9.17) is 33.3 Å². The van der Waals surface area contributed by atoms with Crippen LogP contribution in [0.3, 0.4) is 0 Å². The van der Waals surface area contributed by atoms with Gasteiger partial charge in [-0.15, -0.1) is 0 Å². The predicted octanol–water partition coefficient (Wildman–Crippen LogP) is 4.40. The van der Waals surface area contributed by atoms with Crippen LogP contribution in [0.15, 0.2) is 35.6 Å². The molecule has 338 valence electrons. The smallest absolute Gasteiger partial charge is 0.457 e. The molecule has 3 fully saturated rings. The van der Waals surface area contributed by atoms with Crippen molar-refractivity contribution in [2.45, 2.75) is 142 Å². The molecule has 17 heteroatoms. The first-order chi connectivity index (χ1) is 28.8. The van der Waals surface area contributed by atoms with Crippen molar-refractivity contribution in [3.63, 3.8) is 0 Å². The van der Waals surface area contributed by atoms with Crippen molar-refractivity contribution in [1.29, 1.82) is 0 Å². The van der Waals surface area contributed by atoms with Gasteiger partial charge in [0.15, 0.2) is 30.4 Å². The number of oxime groups is 1. The highest BCUT2D eigenvalue weighted by Crippen LogP contribution is 2.42. The van der Waals surface area contributed by atoms with Crippen LogP contribution >= 0.6 is 0 Å². The SMILES string of the molecule is CC[C@H]1OC(=O)[C@H](C)C(=O)[C@H](C)[C@@H](O[C@@H]2O[C@H](C)C[C@H](N(C)C)[C@H]2O)[C@@](C)(OC)C[C@@H](C)/C(=N\OCC(=O)NCCCc2cnc3ccccc3n2)[C@H](C)[C@H]2OC(=O)O[C@@]21C. The molecule has 0 radical (unpaired) electrons. The van der Waals surface area contributed by atoms with E-state index in [9.17, 15) is 24.3 Å². The first-order valence-corrected chi connectivity index (χ1v) is 21.3. The molecule has 13 atom stereocenters. The van der Waals surface area contributed by atoms with E-state index >= 15 is 0 Å². The van der Waals surface area contributed by atoms with Crippen LogP contribution in [0, 0.1) is 23.7 Å². The van der Waals surface area contributed by atoms with Crippen molar-refractivity contribution in [2.24, 2.45) is 28.8 Å². The fourth-order valence-electron chi connectivity index (χ4n) is 9.06. The van der Waals surface area contributed by atoms with E-state index in [0.717, 1.165) is 16.7 Å². The number of ketones is 1. The summed E-state index contributed by atoms with van der Waals surface area (Å²) in [5.74, 6) is -5.16. The number of hydrogen-bond donors (Lipinski definition) is 2. The zero-order valence-electron chi connectivity index (χ0n) is 37.4. The van der Waals surface area contributed by atoms with E-state index in [2.05, 4.69) is 20.4 Å². The molecule has 5 rings (SSSR count). The number of amides is 1. The number of rotatable bonds is 12. The molecule has 0 bridgehead atoms. The lowest BCUT2D eigenvalue weighted by molar-refractivity contribution is -0.295. The number of benzene rings is 1. The maximum Gasteiger partial charge on any atom is 0.509 e. The van der Waals surface area contributed by atoms with Crippen molar-refractivity contribution in [3.05, 3.63) is 36.2 Å². The third-order valence-electron chi connectivity index (χ3n) is 12.6. The number of cyclic esters (lactones) is 1. The van der Waals surface area contributed by atoms with E-state index in [-0.39, 0.29) is 25.0 Å². The third-order valence-corrected chi connectivity index (χ3v) is 12.6. The summed E-state index contributed by atoms with van der Waals surface area (Å²) < 4.78 is 36.7. The van der Waals surface area contributed by atoms with Crippen LogP contribution in [0.5, 0.6) is 0 Å². The van der Waals surface area contributed by atoms with Crippen LogP contribution in [0.25, 0.3) is 11.0 Å². The van der Waals surface area contributed by atoms with E-state index in [1.165, 1.54) is 14.0 Å². The maximum absolute atomic E-state index is 14.3. The average Bonchev–Trinajstić information content (AvgIpc) is 3.55. The summed E-state index contributed by atoms with van der Waals surface area (Å²) in [5, 5.41) is 18.9. The lowest BCUT2D eigenvalue weighted by Crippen LogP contribution is -2.59. The Hall–Kier alpha value is -4.29. The number of carbonyl (C=O) groups is 4. The summed E-state index contributed by atoms with van der Waals surface area (Å²) in [6, 6.07) is 7.32. The Bertz CT molecular complexity index is 1900. The number of Topliss-reactive ketones (excluding diaryl/α,β-unsaturated/α-hetero) is 1. The number of fused-ring (bicyclic) bond motifs is 2. The zero-order chi connectivity index (χ0) is 44.8. The molecule has 0 spiro atoms. The predicted molar refractivity (Wildman–Crippen MR) is 223 cm³/mol. The van der Waals surface area contributed by atoms with Crippen molar-refractivity contribution >= 4 is 40.6 Å². The lowest BCUT2D eigenvalue weighted by atomic mass is 9.74. The van der Waals surface area contributed by atoms with Gasteiger partial charge in [0.25, 0.3) is 5.91 Å². The number of aryl methyl sites for hydroxylation is 1. The molecule has 1 aromatic carbocycles. The molecular formula is C44H65N5O12. The Kier molecular flexibility index (Phi) is 15.9. The van der Waals surface area contributed by atoms with Crippen molar-refractivity contribution < 1.29 is 57.5 Å². The Labute approximate surface area is 358 Å². The highest BCUT2D eigenvalue weighted by atomic mass is 16.8. The number of nitrogens with zero attached hydrogens (tertiary/aromatic N) is 4. The zero-order valence-corrected chi connectivity index (χ0v) is 37.4. The monoisotopic (exact) mass is 855 g/mol. The molecule has 2 aromatic rings. The van der Waals surface area contributed by atoms with Crippen LogP contribution in [-0.2, 0) is 54.1 Å². The first kappa shape index (κ1) is 47.8. The molecule has 2 N–H and O–H groups in total. The number of para-hydroxylation sites is 2. The summed E-state index contributed by atoms with van der Waals surface area (Å²) in [5.41, 5.74) is 0.0454. The minimum absolute atomic E-state index is 0.159.